The number of rotatable bonds is 16. The maximum Gasteiger partial charge on any atom is 0.227 e. The Bertz CT molecular complexity index is 713. The molecule has 2 saturated heterocycles. The van der Waals surface area contributed by atoms with E-state index in [4.69, 9.17) is 0 Å². The molecule has 0 bridgehead atoms. The fourth-order valence-corrected chi connectivity index (χ4v) is 7.12. The molecule has 37 heavy (non-hydrogen) atoms. The molecule has 0 aromatic heterocycles. The molecule has 2 heterocycles. The van der Waals surface area contributed by atoms with Crippen molar-refractivity contribution in [2.75, 3.05) is 40.3 Å². The molecule has 2 fully saturated rings. The number of carbonyl (C=O) groups excluding carboxylic acids is 1. The Morgan fingerprint density at radius 3 is 1.70 bits per heavy atom. The Hall–Kier alpha value is -1.39. The van der Waals surface area contributed by atoms with Crippen molar-refractivity contribution in [3.8, 4) is 0 Å². The van der Waals surface area contributed by atoms with Crippen molar-refractivity contribution in [2.24, 2.45) is 17.3 Å². The predicted molar refractivity (Wildman–Crippen MR) is 158 cm³/mol. The molecule has 1 aromatic carbocycles. The molecular weight excluding hydrogens is 454 g/mol. The maximum atomic E-state index is 14.4. The minimum atomic E-state index is -0.211. The molecule has 210 valence electrons. The van der Waals surface area contributed by atoms with E-state index in [0.29, 0.717) is 24.3 Å². The number of hydrogen-bond donors (Lipinski definition) is 1. The van der Waals surface area contributed by atoms with Gasteiger partial charge in [-0.05, 0) is 89.8 Å². The summed E-state index contributed by atoms with van der Waals surface area (Å²) >= 11 is 0. The molecule has 0 unspecified atom stereocenters. The largest absolute Gasteiger partial charge is 0.352 e. The lowest BCUT2D eigenvalue weighted by atomic mass is 9.58. The normalized spacial score (nSPS) is 18.8. The standard InChI is InChI=1S/C33H57N3O/c1-4-5-6-7-8-9-10-11-12-16-23-33(30-19-24-35(2)25-20-30,31-21-26-36(3)27-22-31)32(37)34-28-29-17-14-13-15-18-29/h13-15,17-18,30-31H,4-12,16,19-28H2,1-3H3,(H,34,37). The summed E-state index contributed by atoms with van der Waals surface area (Å²) in [4.78, 5) is 19.3. The first kappa shape index (κ1) is 30.2. The molecule has 0 aliphatic carbocycles. The summed E-state index contributed by atoms with van der Waals surface area (Å²) < 4.78 is 0. The Balaban J connectivity index is 1.66. The van der Waals surface area contributed by atoms with Crippen LogP contribution in [0.5, 0.6) is 0 Å². The maximum absolute atomic E-state index is 14.4. The quantitative estimate of drug-likeness (QED) is 0.237. The van der Waals surface area contributed by atoms with E-state index < -0.39 is 0 Å². The number of amides is 1. The molecule has 0 atom stereocenters. The second-order valence-corrected chi connectivity index (χ2v) is 12.3. The van der Waals surface area contributed by atoms with Gasteiger partial charge < -0.3 is 15.1 Å². The molecule has 1 aromatic rings. The van der Waals surface area contributed by atoms with Gasteiger partial charge in [-0.25, -0.2) is 0 Å². The number of piperidine rings is 2. The lowest BCUT2D eigenvalue weighted by Gasteiger charge is -2.50. The second kappa shape index (κ2) is 16.5. The van der Waals surface area contributed by atoms with Gasteiger partial charge in [-0.2, -0.15) is 0 Å². The van der Waals surface area contributed by atoms with Crippen LogP contribution >= 0.6 is 0 Å². The number of nitrogens with one attached hydrogen (secondary N) is 1. The number of carbonyl (C=O) groups is 1. The van der Waals surface area contributed by atoms with Crippen molar-refractivity contribution >= 4 is 5.91 Å². The third-order valence-electron chi connectivity index (χ3n) is 9.56. The summed E-state index contributed by atoms with van der Waals surface area (Å²) in [6.45, 7) is 7.45. The molecule has 2 aliphatic rings. The van der Waals surface area contributed by atoms with Crippen molar-refractivity contribution in [1.82, 2.24) is 15.1 Å². The zero-order chi connectivity index (χ0) is 26.3. The molecule has 0 spiro atoms. The summed E-state index contributed by atoms with van der Waals surface area (Å²) in [6, 6.07) is 10.5. The Labute approximate surface area is 229 Å². The lowest BCUT2D eigenvalue weighted by Crippen LogP contribution is -2.55. The van der Waals surface area contributed by atoms with Crippen LogP contribution in [0.3, 0.4) is 0 Å². The van der Waals surface area contributed by atoms with Crippen LogP contribution in [-0.2, 0) is 11.3 Å². The monoisotopic (exact) mass is 511 g/mol. The van der Waals surface area contributed by atoms with Crippen LogP contribution in [0.2, 0.25) is 0 Å². The molecular formula is C33H57N3O. The number of nitrogens with zero attached hydrogens (tertiary/aromatic N) is 2. The van der Waals surface area contributed by atoms with Crippen molar-refractivity contribution in [3.05, 3.63) is 35.9 Å². The van der Waals surface area contributed by atoms with Gasteiger partial charge in [0.05, 0.1) is 5.41 Å². The van der Waals surface area contributed by atoms with Crippen LogP contribution in [-0.4, -0.2) is 56.0 Å². The summed E-state index contributed by atoms with van der Waals surface area (Å²) in [6.07, 6.45) is 19.2. The van der Waals surface area contributed by atoms with E-state index in [9.17, 15) is 4.79 Å². The number of unbranched alkanes of at least 4 members (excludes halogenated alkanes) is 9. The van der Waals surface area contributed by atoms with Crippen molar-refractivity contribution < 1.29 is 4.79 Å². The number of likely N-dealkylation sites (tertiary alicyclic amines) is 2. The zero-order valence-electron chi connectivity index (χ0n) is 24.5. The summed E-state index contributed by atoms with van der Waals surface area (Å²) in [7, 11) is 4.48. The Morgan fingerprint density at radius 1 is 0.757 bits per heavy atom. The molecule has 4 nitrogen and oxygen atoms in total. The third kappa shape index (κ3) is 9.39. The van der Waals surface area contributed by atoms with Gasteiger partial charge in [0.15, 0.2) is 0 Å². The first-order chi connectivity index (χ1) is 18.1. The SMILES string of the molecule is CCCCCCCCCCCCC(C(=O)NCc1ccccc1)(C1CCN(C)CC1)C1CCN(C)CC1. The highest BCUT2D eigenvalue weighted by molar-refractivity contribution is 5.83. The van der Waals surface area contributed by atoms with E-state index in [1.807, 2.05) is 0 Å². The van der Waals surface area contributed by atoms with E-state index in [1.54, 1.807) is 0 Å². The molecule has 0 radical (unpaired) electrons. The molecule has 3 rings (SSSR count). The predicted octanol–water partition coefficient (Wildman–Crippen LogP) is 7.28. The van der Waals surface area contributed by atoms with Crippen LogP contribution in [0.15, 0.2) is 30.3 Å². The van der Waals surface area contributed by atoms with Crippen molar-refractivity contribution in [2.45, 2.75) is 110 Å². The van der Waals surface area contributed by atoms with Gasteiger partial charge in [0, 0.05) is 6.54 Å². The molecule has 2 aliphatic heterocycles. The molecule has 4 heteroatoms. The van der Waals surface area contributed by atoms with Crippen LogP contribution in [0.25, 0.3) is 0 Å². The van der Waals surface area contributed by atoms with Gasteiger partial charge in [-0.15, -0.1) is 0 Å². The Morgan fingerprint density at radius 2 is 1.22 bits per heavy atom. The Kier molecular flexibility index (Phi) is 13.5. The van der Waals surface area contributed by atoms with Gasteiger partial charge >= 0.3 is 0 Å². The van der Waals surface area contributed by atoms with Crippen LogP contribution in [0.1, 0.15) is 109 Å². The van der Waals surface area contributed by atoms with E-state index >= 15 is 0 Å². The molecule has 1 N–H and O–H groups in total. The number of hydrogen-bond acceptors (Lipinski definition) is 3. The van der Waals surface area contributed by atoms with Gasteiger partial charge in [0.25, 0.3) is 0 Å². The fourth-order valence-electron chi connectivity index (χ4n) is 7.12. The van der Waals surface area contributed by atoms with Crippen molar-refractivity contribution in [3.63, 3.8) is 0 Å². The first-order valence-corrected chi connectivity index (χ1v) is 15.8. The van der Waals surface area contributed by atoms with E-state index in [1.165, 1.54) is 95.5 Å². The highest BCUT2D eigenvalue weighted by Gasteiger charge is 2.51. The molecule has 1 amide bonds. The van der Waals surface area contributed by atoms with Gasteiger partial charge in [0.2, 0.25) is 5.91 Å². The van der Waals surface area contributed by atoms with Gasteiger partial charge in [-0.3, -0.25) is 4.79 Å². The fraction of sp³-hybridized carbons (Fsp3) is 0.788. The smallest absolute Gasteiger partial charge is 0.227 e. The minimum absolute atomic E-state index is 0.211. The van der Waals surface area contributed by atoms with Gasteiger partial charge in [-0.1, -0.05) is 101 Å². The van der Waals surface area contributed by atoms with Gasteiger partial charge in [0.1, 0.15) is 0 Å². The highest BCUT2D eigenvalue weighted by Crippen LogP contribution is 2.49. The average molecular weight is 512 g/mol. The van der Waals surface area contributed by atoms with E-state index in [-0.39, 0.29) is 5.41 Å². The third-order valence-corrected chi connectivity index (χ3v) is 9.56. The average Bonchev–Trinajstić information content (AvgIpc) is 2.92. The van der Waals surface area contributed by atoms with Crippen molar-refractivity contribution in [1.29, 1.82) is 0 Å². The topological polar surface area (TPSA) is 35.6 Å². The minimum Gasteiger partial charge on any atom is -0.352 e. The number of benzene rings is 1. The van der Waals surface area contributed by atoms with Crippen LogP contribution < -0.4 is 5.32 Å². The van der Waals surface area contributed by atoms with Crippen LogP contribution in [0.4, 0.5) is 0 Å². The summed E-state index contributed by atoms with van der Waals surface area (Å²) in [5, 5.41) is 3.48. The zero-order valence-corrected chi connectivity index (χ0v) is 24.5. The molecule has 0 saturated carbocycles. The highest BCUT2D eigenvalue weighted by atomic mass is 16.2. The van der Waals surface area contributed by atoms with E-state index in [0.717, 1.165) is 32.6 Å². The van der Waals surface area contributed by atoms with Crippen LogP contribution in [0, 0.1) is 17.3 Å². The summed E-state index contributed by atoms with van der Waals surface area (Å²) in [5.74, 6) is 1.37. The lowest BCUT2D eigenvalue weighted by molar-refractivity contribution is -0.144. The van der Waals surface area contributed by atoms with E-state index in [2.05, 4.69) is 66.5 Å². The summed E-state index contributed by atoms with van der Waals surface area (Å²) in [5.41, 5.74) is 0.993. The first-order valence-electron chi connectivity index (χ1n) is 15.8. The second-order valence-electron chi connectivity index (χ2n) is 12.3.